The third-order valence-electron chi connectivity index (χ3n) is 7.62. The van der Waals surface area contributed by atoms with Gasteiger partial charge in [0.2, 0.25) is 0 Å². The van der Waals surface area contributed by atoms with Crippen LogP contribution in [-0.4, -0.2) is 37.4 Å². The SMILES string of the molecule is COc1ccc2c3c(ccc2c1)-c1ccc(C(=O)O)cc1OC3c1ccc(OCCC2CCCCN2)cc1.N. The van der Waals surface area contributed by atoms with E-state index < -0.39 is 12.1 Å². The van der Waals surface area contributed by atoms with Gasteiger partial charge in [-0.25, -0.2) is 4.79 Å². The van der Waals surface area contributed by atoms with E-state index in [-0.39, 0.29) is 11.7 Å². The van der Waals surface area contributed by atoms with Gasteiger partial charge in [0.1, 0.15) is 17.2 Å². The number of rotatable bonds is 7. The van der Waals surface area contributed by atoms with E-state index in [0.717, 1.165) is 57.5 Å². The quantitative estimate of drug-likeness (QED) is 0.244. The summed E-state index contributed by atoms with van der Waals surface area (Å²) >= 11 is 0. The van der Waals surface area contributed by atoms with Crippen molar-refractivity contribution in [2.45, 2.75) is 37.8 Å². The van der Waals surface area contributed by atoms with E-state index in [1.54, 1.807) is 19.2 Å². The molecule has 2 atom stereocenters. The average Bonchev–Trinajstić information content (AvgIpc) is 2.96. The molecule has 7 nitrogen and oxygen atoms in total. The second kappa shape index (κ2) is 11.4. The first-order chi connectivity index (χ1) is 18.6. The van der Waals surface area contributed by atoms with Gasteiger partial charge < -0.3 is 30.8 Å². The Morgan fingerprint density at radius 2 is 1.77 bits per heavy atom. The lowest BCUT2D eigenvalue weighted by Crippen LogP contribution is -2.35. The summed E-state index contributed by atoms with van der Waals surface area (Å²) in [6.07, 6.45) is 4.35. The highest BCUT2D eigenvalue weighted by atomic mass is 16.5. The lowest BCUT2D eigenvalue weighted by atomic mass is 9.85. The molecule has 1 saturated heterocycles. The number of carboxylic acid groups (broad SMARTS) is 1. The Bertz CT molecular complexity index is 1480. The molecule has 1 fully saturated rings. The molecule has 7 heteroatoms. The van der Waals surface area contributed by atoms with Crippen LogP contribution in [0.2, 0.25) is 0 Å². The lowest BCUT2D eigenvalue weighted by Gasteiger charge is -2.31. The molecule has 6 rings (SSSR count). The zero-order chi connectivity index (χ0) is 26.1. The molecular weight excluding hydrogens is 492 g/mol. The maximum atomic E-state index is 11.7. The van der Waals surface area contributed by atoms with Gasteiger partial charge in [-0.2, -0.15) is 0 Å². The zero-order valence-corrected chi connectivity index (χ0v) is 22.1. The Labute approximate surface area is 228 Å². The van der Waals surface area contributed by atoms with Crippen LogP contribution in [0.3, 0.4) is 0 Å². The fourth-order valence-electron chi connectivity index (χ4n) is 5.60. The van der Waals surface area contributed by atoms with Crippen LogP contribution in [0.5, 0.6) is 17.2 Å². The molecule has 0 aliphatic carbocycles. The number of hydrogen-bond donors (Lipinski definition) is 3. The van der Waals surface area contributed by atoms with Crippen LogP contribution in [0.15, 0.2) is 72.8 Å². The molecule has 202 valence electrons. The molecule has 5 N–H and O–H groups in total. The summed E-state index contributed by atoms with van der Waals surface area (Å²) < 4.78 is 18.1. The summed E-state index contributed by atoms with van der Waals surface area (Å²) in [6, 6.07) is 23.9. The summed E-state index contributed by atoms with van der Waals surface area (Å²) in [5.74, 6) is 1.21. The number of carboxylic acids is 1. The third kappa shape index (κ3) is 5.28. The van der Waals surface area contributed by atoms with Crippen molar-refractivity contribution in [3.63, 3.8) is 0 Å². The zero-order valence-electron chi connectivity index (χ0n) is 22.1. The van der Waals surface area contributed by atoms with E-state index in [1.807, 2.05) is 42.5 Å². The van der Waals surface area contributed by atoms with Crippen LogP contribution in [0.1, 0.15) is 53.3 Å². The minimum atomic E-state index is -0.978. The van der Waals surface area contributed by atoms with Gasteiger partial charge in [-0.1, -0.05) is 36.8 Å². The Morgan fingerprint density at radius 3 is 2.51 bits per heavy atom. The Morgan fingerprint density at radius 1 is 0.974 bits per heavy atom. The summed E-state index contributed by atoms with van der Waals surface area (Å²) in [6.45, 7) is 1.78. The maximum absolute atomic E-state index is 11.7. The van der Waals surface area contributed by atoms with Crippen molar-refractivity contribution in [2.75, 3.05) is 20.3 Å². The van der Waals surface area contributed by atoms with Gasteiger partial charge in [0, 0.05) is 17.2 Å². The summed E-state index contributed by atoms with van der Waals surface area (Å²) in [7, 11) is 1.66. The van der Waals surface area contributed by atoms with E-state index in [1.165, 1.54) is 19.3 Å². The number of ether oxygens (including phenoxy) is 3. The molecule has 0 amide bonds. The van der Waals surface area contributed by atoms with Crippen molar-refractivity contribution in [3.8, 4) is 28.4 Å². The van der Waals surface area contributed by atoms with Gasteiger partial charge in [-0.15, -0.1) is 0 Å². The second-order valence-corrected chi connectivity index (χ2v) is 9.98. The standard InChI is InChI=1S/C32H31NO5.H3N/c1-36-25-11-14-26-21(18-25)7-13-28-27-12-8-22(32(34)35)19-29(27)38-31(30(26)28)20-5-9-24(10-6-20)37-17-15-23-4-2-3-16-33-23;/h5-14,18-19,23,31,33H,2-4,15-17H2,1H3,(H,34,35);1H3. The van der Waals surface area contributed by atoms with E-state index in [2.05, 4.69) is 23.5 Å². The molecule has 0 saturated carbocycles. The molecule has 4 aromatic rings. The lowest BCUT2D eigenvalue weighted by molar-refractivity contribution is 0.0696. The minimum absolute atomic E-state index is 0. The predicted octanol–water partition coefficient (Wildman–Crippen LogP) is 6.77. The van der Waals surface area contributed by atoms with Crippen LogP contribution in [-0.2, 0) is 0 Å². The number of hydrogen-bond acceptors (Lipinski definition) is 6. The fourth-order valence-corrected chi connectivity index (χ4v) is 5.60. The highest BCUT2D eigenvalue weighted by molar-refractivity contribution is 5.96. The fraction of sp³-hybridized carbons (Fsp3) is 0.281. The Balaban J connectivity index is 0.00000308. The first-order valence-electron chi connectivity index (χ1n) is 13.2. The Kier molecular flexibility index (Phi) is 7.72. The largest absolute Gasteiger partial charge is 0.497 e. The molecule has 0 bridgehead atoms. The highest BCUT2D eigenvalue weighted by Crippen LogP contribution is 2.48. The summed E-state index contributed by atoms with van der Waals surface area (Å²) in [5, 5.41) is 15.2. The monoisotopic (exact) mass is 526 g/mol. The first-order valence-corrected chi connectivity index (χ1v) is 13.2. The van der Waals surface area contributed by atoms with Crippen LogP contribution < -0.4 is 25.7 Å². The van der Waals surface area contributed by atoms with Gasteiger partial charge in [0.15, 0.2) is 6.10 Å². The van der Waals surface area contributed by atoms with Crippen molar-refractivity contribution in [1.82, 2.24) is 11.5 Å². The molecule has 0 radical (unpaired) electrons. The molecule has 39 heavy (non-hydrogen) atoms. The van der Waals surface area contributed by atoms with Crippen molar-refractivity contribution < 1.29 is 24.1 Å². The Hall–Kier alpha value is -4.07. The molecule has 2 unspecified atom stereocenters. The molecule has 2 aliphatic rings. The van der Waals surface area contributed by atoms with Crippen molar-refractivity contribution in [3.05, 3.63) is 89.5 Å². The topological polar surface area (TPSA) is 112 Å². The van der Waals surface area contributed by atoms with Crippen molar-refractivity contribution in [1.29, 1.82) is 0 Å². The number of fused-ring (bicyclic) bond motifs is 5. The molecular formula is C32H34N2O5. The molecule has 2 heterocycles. The van der Waals surface area contributed by atoms with Gasteiger partial charge in [0.05, 0.1) is 19.3 Å². The second-order valence-electron chi connectivity index (χ2n) is 9.98. The average molecular weight is 527 g/mol. The van der Waals surface area contributed by atoms with Crippen LogP contribution in [0.25, 0.3) is 21.9 Å². The number of carbonyl (C=O) groups is 1. The third-order valence-corrected chi connectivity index (χ3v) is 7.62. The van der Waals surface area contributed by atoms with Crippen molar-refractivity contribution >= 4 is 16.7 Å². The number of nitrogens with one attached hydrogen (secondary N) is 1. The molecule has 2 aliphatic heterocycles. The van der Waals surface area contributed by atoms with Gasteiger partial charge >= 0.3 is 5.97 Å². The van der Waals surface area contributed by atoms with Gasteiger partial charge in [-0.05, 0) is 90.2 Å². The van der Waals surface area contributed by atoms with Crippen LogP contribution in [0, 0.1) is 0 Å². The van der Waals surface area contributed by atoms with Crippen LogP contribution in [0.4, 0.5) is 0 Å². The van der Waals surface area contributed by atoms with E-state index in [0.29, 0.717) is 18.4 Å². The number of methoxy groups -OCH3 is 1. The first kappa shape index (κ1) is 26.5. The van der Waals surface area contributed by atoms with Gasteiger partial charge in [0.25, 0.3) is 0 Å². The number of piperidine rings is 1. The van der Waals surface area contributed by atoms with Gasteiger partial charge in [-0.3, -0.25) is 0 Å². The van der Waals surface area contributed by atoms with E-state index in [4.69, 9.17) is 14.2 Å². The normalized spacial score (nSPS) is 17.8. The maximum Gasteiger partial charge on any atom is 0.335 e. The van der Waals surface area contributed by atoms with E-state index >= 15 is 0 Å². The predicted molar refractivity (Wildman–Crippen MR) is 153 cm³/mol. The molecule has 0 spiro atoms. The smallest absolute Gasteiger partial charge is 0.335 e. The summed E-state index contributed by atoms with van der Waals surface area (Å²) in [5.41, 5.74) is 4.15. The van der Waals surface area contributed by atoms with Crippen LogP contribution >= 0.6 is 0 Å². The molecule has 4 aromatic carbocycles. The number of benzene rings is 4. The summed E-state index contributed by atoms with van der Waals surface area (Å²) in [4.78, 5) is 11.7. The highest BCUT2D eigenvalue weighted by Gasteiger charge is 2.30. The molecule has 0 aromatic heterocycles. The van der Waals surface area contributed by atoms with E-state index in [9.17, 15) is 9.90 Å². The van der Waals surface area contributed by atoms with Crippen molar-refractivity contribution in [2.24, 2.45) is 0 Å². The minimum Gasteiger partial charge on any atom is -0.497 e. The number of aromatic carboxylic acids is 1.